The average Bonchev–Trinajstić information content (AvgIpc) is 2.80. The maximum absolute atomic E-state index is 14.0. The van der Waals surface area contributed by atoms with Crippen molar-refractivity contribution >= 4 is 23.0 Å². The molecule has 2 saturated heterocycles. The Balaban J connectivity index is 1.27. The molecule has 2 aromatic carbocycles. The number of rotatable bonds is 5. The molecule has 2 aliphatic heterocycles. The second-order valence-corrected chi connectivity index (χ2v) is 7.83. The van der Waals surface area contributed by atoms with Gasteiger partial charge in [-0.25, -0.2) is 4.39 Å². The summed E-state index contributed by atoms with van der Waals surface area (Å²) >= 11 is 0. The molecule has 0 bridgehead atoms. The Bertz CT molecular complexity index is 940. The maximum Gasteiger partial charge on any atom is 0.292 e. The van der Waals surface area contributed by atoms with Crippen LogP contribution in [0.2, 0.25) is 0 Å². The van der Waals surface area contributed by atoms with Crippen LogP contribution < -0.4 is 9.80 Å². The first-order valence-electron chi connectivity index (χ1n) is 10.5. The van der Waals surface area contributed by atoms with Gasteiger partial charge in [-0.15, -0.1) is 0 Å². The fraction of sp³-hybridized carbons (Fsp3) is 0.409. The zero-order valence-electron chi connectivity index (χ0n) is 17.3. The Labute approximate surface area is 180 Å². The third-order valence-electron chi connectivity index (χ3n) is 5.98. The van der Waals surface area contributed by atoms with Crippen LogP contribution in [0.4, 0.5) is 21.5 Å². The van der Waals surface area contributed by atoms with Crippen LogP contribution in [0.15, 0.2) is 48.5 Å². The van der Waals surface area contributed by atoms with Crippen LogP contribution in [0.1, 0.15) is 0 Å². The third-order valence-corrected chi connectivity index (χ3v) is 5.98. The van der Waals surface area contributed by atoms with Crippen LogP contribution >= 0.6 is 0 Å². The highest BCUT2D eigenvalue weighted by molar-refractivity contribution is 5.78. The molecular formula is C22H26FN5O3. The number of hydrogen-bond donors (Lipinski definition) is 0. The summed E-state index contributed by atoms with van der Waals surface area (Å²) in [6, 6.07) is 13.5. The first-order chi connectivity index (χ1) is 15.0. The van der Waals surface area contributed by atoms with Gasteiger partial charge >= 0.3 is 0 Å². The molecule has 1 amide bonds. The SMILES string of the molecule is O=C(CN1CCN(c2ccccc2[N+](=O)[O-])CC1)N1CCN(c2ccccc2F)CC1. The minimum Gasteiger partial charge on any atom is -0.366 e. The van der Waals surface area contributed by atoms with Crippen molar-refractivity contribution in [1.29, 1.82) is 0 Å². The van der Waals surface area contributed by atoms with Crippen LogP contribution in [0.3, 0.4) is 0 Å². The predicted octanol–water partition coefficient (Wildman–Crippen LogP) is 2.20. The molecule has 0 aliphatic carbocycles. The Morgan fingerprint density at radius 1 is 0.839 bits per heavy atom. The van der Waals surface area contributed by atoms with Crippen molar-refractivity contribution in [3.8, 4) is 0 Å². The summed E-state index contributed by atoms with van der Waals surface area (Å²) in [6.45, 7) is 5.33. The van der Waals surface area contributed by atoms with Gasteiger partial charge in [0.2, 0.25) is 5.91 Å². The second-order valence-electron chi connectivity index (χ2n) is 7.83. The lowest BCUT2D eigenvalue weighted by molar-refractivity contribution is -0.384. The average molecular weight is 427 g/mol. The summed E-state index contributed by atoms with van der Waals surface area (Å²) in [5.41, 5.74) is 1.32. The molecule has 0 N–H and O–H groups in total. The number of halogens is 1. The van der Waals surface area contributed by atoms with E-state index >= 15 is 0 Å². The topological polar surface area (TPSA) is 73.2 Å². The number of piperazine rings is 2. The van der Waals surface area contributed by atoms with Crippen molar-refractivity contribution in [3.05, 3.63) is 64.5 Å². The number of nitrogens with zero attached hydrogens (tertiary/aromatic N) is 5. The van der Waals surface area contributed by atoms with Crippen LogP contribution in [0.25, 0.3) is 0 Å². The molecule has 164 valence electrons. The maximum atomic E-state index is 14.0. The normalized spacial score (nSPS) is 17.6. The van der Waals surface area contributed by atoms with E-state index in [0.29, 0.717) is 70.3 Å². The van der Waals surface area contributed by atoms with E-state index in [0.717, 1.165) is 0 Å². The lowest BCUT2D eigenvalue weighted by Crippen LogP contribution is -2.54. The van der Waals surface area contributed by atoms with Crippen molar-refractivity contribution in [2.24, 2.45) is 0 Å². The Morgan fingerprint density at radius 3 is 2.03 bits per heavy atom. The largest absolute Gasteiger partial charge is 0.366 e. The molecular weight excluding hydrogens is 401 g/mol. The minimum atomic E-state index is -0.355. The summed E-state index contributed by atoms with van der Waals surface area (Å²) in [7, 11) is 0. The first-order valence-corrected chi connectivity index (χ1v) is 10.5. The van der Waals surface area contributed by atoms with Gasteiger partial charge in [-0.1, -0.05) is 24.3 Å². The number of carbonyl (C=O) groups excluding carboxylic acids is 1. The smallest absolute Gasteiger partial charge is 0.292 e. The molecule has 4 rings (SSSR count). The molecule has 0 aromatic heterocycles. The number of benzene rings is 2. The standard InChI is InChI=1S/C22H26FN5O3/c23-18-5-1-2-6-19(18)25-13-15-27(16-14-25)22(29)17-24-9-11-26(12-10-24)20-7-3-4-8-21(20)28(30)31/h1-8H,9-17H2. The predicted molar refractivity (Wildman–Crippen MR) is 117 cm³/mol. The number of para-hydroxylation sites is 3. The molecule has 31 heavy (non-hydrogen) atoms. The number of carbonyl (C=O) groups is 1. The molecule has 8 nitrogen and oxygen atoms in total. The lowest BCUT2D eigenvalue weighted by atomic mass is 10.2. The Hall–Kier alpha value is -3.20. The first kappa shape index (κ1) is 21.0. The van der Waals surface area contributed by atoms with E-state index < -0.39 is 0 Å². The van der Waals surface area contributed by atoms with Gasteiger partial charge in [0.25, 0.3) is 5.69 Å². The van der Waals surface area contributed by atoms with Gasteiger partial charge in [-0.2, -0.15) is 0 Å². The molecule has 0 atom stereocenters. The summed E-state index contributed by atoms with van der Waals surface area (Å²) in [5, 5.41) is 11.3. The van der Waals surface area contributed by atoms with Crippen LogP contribution in [-0.2, 0) is 4.79 Å². The van der Waals surface area contributed by atoms with Gasteiger partial charge in [0, 0.05) is 58.4 Å². The van der Waals surface area contributed by atoms with E-state index in [1.165, 1.54) is 12.1 Å². The number of nitro groups is 1. The molecule has 0 radical (unpaired) electrons. The fourth-order valence-electron chi connectivity index (χ4n) is 4.23. The van der Waals surface area contributed by atoms with Crippen LogP contribution in [-0.4, -0.2) is 79.5 Å². The summed E-state index contributed by atoms with van der Waals surface area (Å²) in [5.74, 6) is -0.161. The monoisotopic (exact) mass is 427 g/mol. The highest BCUT2D eigenvalue weighted by Gasteiger charge is 2.27. The van der Waals surface area contributed by atoms with Crippen molar-refractivity contribution < 1.29 is 14.1 Å². The molecule has 0 unspecified atom stereocenters. The number of nitro benzene ring substituents is 1. The van der Waals surface area contributed by atoms with Crippen molar-refractivity contribution in [1.82, 2.24) is 9.80 Å². The fourth-order valence-corrected chi connectivity index (χ4v) is 4.23. The van der Waals surface area contributed by atoms with E-state index in [4.69, 9.17) is 0 Å². The van der Waals surface area contributed by atoms with E-state index in [2.05, 4.69) is 4.90 Å². The number of amides is 1. The zero-order chi connectivity index (χ0) is 21.8. The lowest BCUT2D eigenvalue weighted by Gasteiger charge is -2.39. The summed E-state index contributed by atoms with van der Waals surface area (Å²) in [4.78, 5) is 31.6. The highest BCUT2D eigenvalue weighted by atomic mass is 19.1. The molecule has 2 aliphatic rings. The van der Waals surface area contributed by atoms with E-state index in [-0.39, 0.29) is 22.3 Å². The number of hydrogen-bond acceptors (Lipinski definition) is 6. The van der Waals surface area contributed by atoms with E-state index in [9.17, 15) is 19.3 Å². The molecule has 2 heterocycles. The summed E-state index contributed by atoms with van der Waals surface area (Å²) < 4.78 is 14.0. The summed E-state index contributed by atoms with van der Waals surface area (Å²) in [6.07, 6.45) is 0. The second kappa shape index (κ2) is 9.30. The van der Waals surface area contributed by atoms with Gasteiger partial charge in [0.05, 0.1) is 17.2 Å². The molecule has 2 fully saturated rings. The molecule has 2 aromatic rings. The quantitative estimate of drug-likeness (QED) is 0.538. The van der Waals surface area contributed by atoms with Gasteiger partial charge in [0.15, 0.2) is 0 Å². The van der Waals surface area contributed by atoms with Gasteiger partial charge < -0.3 is 14.7 Å². The van der Waals surface area contributed by atoms with E-state index in [1.54, 1.807) is 30.3 Å². The Kier molecular flexibility index (Phi) is 6.31. The Morgan fingerprint density at radius 2 is 1.39 bits per heavy atom. The van der Waals surface area contributed by atoms with Crippen molar-refractivity contribution in [2.45, 2.75) is 0 Å². The molecule has 9 heteroatoms. The van der Waals surface area contributed by atoms with Crippen molar-refractivity contribution in [2.75, 3.05) is 68.7 Å². The van der Waals surface area contributed by atoms with Crippen molar-refractivity contribution in [3.63, 3.8) is 0 Å². The third kappa shape index (κ3) is 4.77. The van der Waals surface area contributed by atoms with E-state index in [1.807, 2.05) is 20.8 Å². The van der Waals surface area contributed by atoms with Crippen LogP contribution in [0.5, 0.6) is 0 Å². The molecule has 0 saturated carbocycles. The molecule has 0 spiro atoms. The zero-order valence-corrected chi connectivity index (χ0v) is 17.3. The highest BCUT2D eigenvalue weighted by Crippen LogP contribution is 2.28. The number of anilines is 2. The van der Waals surface area contributed by atoms with Gasteiger partial charge in [-0.3, -0.25) is 19.8 Å². The minimum absolute atomic E-state index is 0.0762. The van der Waals surface area contributed by atoms with Crippen LogP contribution in [0, 0.1) is 15.9 Å². The van der Waals surface area contributed by atoms with Gasteiger partial charge in [0.1, 0.15) is 11.5 Å². The van der Waals surface area contributed by atoms with Gasteiger partial charge in [-0.05, 0) is 18.2 Å².